The molecule has 0 radical (unpaired) electrons. The van der Waals surface area contributed by atoms with Crippen molar-refractivity contribution in [3.8, 4) is 0 Å². The van der Waals surface area contributed by atoms with E-state index in [1.807, 2.05) is 0 Å². The van der Waals surface area contributed by atoms with Gasteiger partial charge in [-0.1, -0.05) is 24.3 Å². The minimum Gasteiger partial charge on any atom is -0.456 e. The predicted molar refractivity (Wildman–Crippen MR) is 75.3 cm³/mol. The molecule has 3 rings (SSSR count). The van der Waals surface area contributed by atoms with Crippen LogP contribution in [0.1, 0.15) is 22.8 Å². The average molecular weight is 304 g/mol. The normalized spacial score (nSPS) is 21.2. The first-order chi connectivity index (χ1) is 10.5. The Bertz CT molecular complexity index is 696. The van der Waals surface area contributed by atoms with Gasteiger partial charge in [-0.15, -0.1) is 0 Å². The summed E-state index contributed by atoms with van der Waals surface area (Å²) in [6.07, 6.45) is -0.694. The van der Waals surface area contributed by atoms with Gasteiger partial charge in [0.15, 0.2) is 5.60 Å². The molecule has 1 heterocycles. The number of benzene rings is 2. The molecule has 2 atom stereocenters. The van der Waals surface area contributed by atoms with Crippen molar-refractivity contribution in [2.45, 2.75) is 18.6 Å². The fraction of sp³-hybridized carbons (Fsp3) is 0.235. The van der Waals surface area contributed by atoms with E-state index in [-0.39, 0.29) is 12.2 Å². The minimum atomic E-state index is -1.04. The molecule has 0 saturated carbocycles. The van der Waals surface area contributed by atoms with Crippen LogP contribution < -0.4 is 0 Å². The molecule has 22 heavy (non-hydrogen) atoms. The molecule has 1 aliphatic heterocycles. The van der Waals surface area contributed by atoms with E-state index in [1.54, 1.807) is 37.3 Å². The second-order valence-electron chi connectivity index (χ2n) is 5.22. The lowest BCUT2D eigenvalue weighted by Crippen LogP contribution is -2.31. The van der Waals surface area contributed by atoms with E-state index in [2.05, 4.69) is 0 Å². The summed E-state index contributed by atoms with van der Waals surface area (Å²) in [6.45, 7) is 1.86. The molecule has 5 heteroatoms. The van der Waals surface area contributed by atoms with Crippen molar-refractivity contribution in [3.05, 3.63) is 71.3 Å². The number of hydrogen-bond donors (Lipinski definition) is 0. The van der Waals surface area contributed by atoms with Crippen LogP contribution in [-0.4, -0.2) is 18.7 Å². The Morgan fingerprint density at radius 3 is 2.50 bits per heavy atom. The molecule has 1 fully saturated rings. The summed E-state index contributed by atoms with van der Waals surface area (Å²) in [5.74, 6) is -1.88. The Kier molecular flexibility index (Phi) is 3.66. The van der Waals surface area contributed by atoms with Gasteiger partial charge in [0, 0.05) is 11.6 Å². The van der Waals surface area contributed by atoms with E-state index in [0.717, 1.165) is 12.1 Å². The third-order valence-electron chi connectivity index (χ3n) is 3.79. The molecule has 114 valence electrons. The number of hydrogen-bond acceptors (Lipinski definition) is 3. The average Bonchev–Trinajstić information content (AvgIpc) is 3.29. The van der Waals surface area contributed by atoms with Gasteiger partial charge >= 0.3 is 5.97 Å². The summed E-state index contributed by atoms with van der Waals surface area (Å²) in [5, 5.41) is 0. The topological polar surface area (TPSA) is 38.8 Å². The first-order valence-electron chi connectivity index (χ1n) is 6.88. The van der Waals surface area contributed by atoms with E-state index in [0.29, 0.717) is 5.56 Å². The maximum absolute atomic E-state index is 13.9. The van der Waals surface area contributed by atoms with Gasteiger partial charge in [-0.05, 0) is 25.1 Å². The number of halogens is 2. The molecule has 1 aliphatic rings. The van der Waals surface area contributed by atoms with Crippen LogP contribution in [0.3, 0.4) is 0 Å². The van der Waals surface area contributed by atoms with Gasteiger partial charge in [0.2, 0.25) is 0 Å². The quantitative estimate of drug-likeness (QED) is 0.641. The van der Waals surface area contributed by atoms with Crippen LogP contribution in [-0.2, 0) is 15.1 Å². The number of rotatable bonds is 4. The summed E-state index contributed by atoms with van der Waals surface area (Å²) >= 11 is 0. The van der Waals surface area contributed by atoms with Crippen molar-refractivity contribution in [2.75, 3.05) is 6.61 Å². The van der Waals surface area contributed by atoms with Crippen LogP contribution in [0.4, 0.5) is 8.78 Å². The fourth-order valence-corrected chi connectivity index (χ4v) is 2.42. The zero-order chi connectivity index (χ0) is 15.7. The van der Waals surface area contributed by atoms with Crippen LogP contribution in [0.2, 0.25) is 0 Å². The predicted octanol–water partition coefficient (Wildman–Crippen LogP) is 3.44. The molecule has 2 aromatic rings. The molecule has 1 saturated heterocycles. The van der Waals surface area contributed by atoms with E-state index in [9.17, 15) is 13.6 Å². The van der Waals surface area contributed by atoms with Crippen LogP contribution in [0.15, 0.2) is 48.5 Å². The molecule has 0 aromatic heterocycles. The second kappa shape index (κ2) is 5.50. The summed E-state index contributed by atoms with van der Waals surface area (Å²) in [7, 11) is 0. The van der Waals surface area contributed by atoms with Gasteiger partial charge < -0.3 is 9.47 Å². The largest absolute Gasteiger partial charge is 0.456 e. The molecule has 2 aromatic carbocycles. The Labute approximate surface area is 126 Å². The van der Waals surface area contributed by atoms with Crippen molar-refractivity contribution < 1.29 is 23.0 Å². The third kappa shape index (κ3) is 2.60. The van der Waals surface area contributed by atoms with Gasteiger partial charge in [0.05, 0.1) is 12.2 Å². The Morgan fingerprint density at radius 1 is 1.23 bits per heavy atom. The van der Waals surface area contributed by atoms with Gasteiger partial charge in [-0.2, -0.15) is 0 Å². The zero-order valence-electron chi connectivity index (χ0n) is 11.9. The number of ether oxygens (including phenoxy) is 2. The maximum atomic E-state index is 13.9. The smallest absolute Gasteiger partial charge is 0.338 e. The summed E-state index contributed by atoms with van der Waals surface area (Å²) < 4.78 is 37.7. The molecule has 0 N–H and O–H groups in total. The van der Waals surface area contributed by atoms with Crippen LogP contribution in [0, 0.1) is 11.6 Å². The van der Waals surface area contributed by atoms with Crippen molar-refractivity contribution in [3.63, 3.8) is 0 Å². The highest BCUT2D eigenvalue weighted by Crippen LogP contribution is 2.44. The van der Waals surface area contributed by atoms with E-state index in [4.69, 9.17) is 9.47 Å². The minimum absolute atomic E-state index is 0.197. The van der Waals surface area contributed by atoms with E-state index < -0.39 is 29.3 Å². The maximum Gasteiger partial charge on any atom is 0.338 e. The summed E-state index contributed by atoms with van der Waals surface area (Å²) in [6, 6.07) is 11.8. The monoisotopic (exact) mass is 304 g/mol. The van der Waals surface area contributed by atoms with Crippen molar-refractivity contribution in [2.24, 2.45) is 0 Å². The fourth-order valence-electron chi connectivity index (χ4n) is 2.42. The van der Waals surface area contributed by atoms with Crippen molar-refractivity contribution in [1.29, 1.82) is 0 Å². The number of carbonyl (C=O) groups excluding carboxylic acids is 1. The molecular formula is C17H14F2O3. The van der Waals surface area contributed by atoms with Crippen LogP contribution in [0.25, 0.3) is 0 Å². The zero-order valence-corrected chi connectivity index (χ0v) is 11.9. The van der Waals surface area contributed by atoms with Gasteiger partial charge in [-0.25, -0.2) is 13.6 Å². The van der Waals surface area contributed by atoms with Gasteiger partial charge in [0.25, 0.3) is 0 Å². The number of carbonyl (C=O) groups is 1. The Balaban J connectivity index is 1.80. The summed E-state index contributed by atoms with van der Waals surface area (Å²) in [5.41, 5.74) is -0.436. The van der Waals surface area contributed by atoms with Crippen molar-refractivity contribution in [1.82, 2.24) is 0 Å². The van der Waals surface area contributed by atoms with Crippen LogP contribution in [0.5, 0.6) is 0 Å². The molecule has 0 spiro atoms. The van der Waals surface area contributed by atoms with Crippen molar-refractivity contribution >= 4 is 5.97 Å². The highest BCUT2D eigenvalue weighted by molar-refractivity contribution is 5.89. The van der Waals surface area contributed by atoms with Crippen LogP contribution >= 0.6 is 0 Å². The number of esters is 1. The molecular weight excluding hydrogens is 290 g/mol. The second-order valence-corrected chi connectivity index (χ2v) is 5.22. The van der Waals surface area contributed by atoms with E-state index >= 15 is 0 Å². The standard InChI is InChI=1S/C17H14F2O3/c1-11(22-16(20)12-5-3-2-4-6-12)17(10-21-17)14-8-7-13(18)9-15(14)19/h2-9,11H,10H2,1H3/t11-,17+/m0/s1. The molecule has 0 unspecified atom stereocenters. The lowest BCUT2D eigenvalue weighted by Gasteiger charge is -2.21. The SMILES string of the molecule is C[C@H](OC(=O)c1ccccc1)[C@@]1(c2ccc(F)cc2F)CO1. The van der Waals surface area contributed by atoms with E-state index in [1.165, 1.54) is 6.07 Å². The summed E-state index contributed by atoms with van der Waals surface area (Å²) in [4.78, 5) is 12.1. The lowest BCUT2D eigenvalue weighted by molar-refractivity contribution is 0.00980. The Morgan fingerprint density at radius 2 is 1.91 bits per heavy atom. The highest BCUT2D eigenvalue weighted by Gasteiger charge is 2.55. The third-order valence-corrected chi connectivity index (χ3v) is 3.79. The highest BCUT2D eigenvalue weighted by atomic mass is 19.1. The lowest BCUT2D eigenvalue weighted by atomic mass is 9.94. The first kappa shape index (κ1) is 14.7. The first-order valence-corrected chi connectivity index (χ1v) is 6.88. The van der Waals surface area contributed by atoms with Gasteiger partial charge in [0.1, 0.15) is 17.7 Å². The Hall–Kier alpha value is -2.27. The number of epoxide rings is 1. The van der Waals surface area contributed by atoms with Gasteiger partial charge in [-0.3, -0.25) is 0 Å². The molecule has 3 nitrogen and oxygen atoms in total. The molecule has 0 aliphatic carbocycles. The molecule has 0 bridgehead atoms. The molecule has 0 amide bonds.